The Bertz CT molecular complexity index is 498. The van der Waals surface area contributed by atoms with Crippen LogP contribution in [0.4, 0.5) is 19.3 Å². The summed E-state index contributed by atoms with van der Waals surface area (Å²) < 4.78 is 33.3. The van der Waals surface area contributed by atoms with Crippen molar-refractivity contribution in [2.75, 3.05) is 19.0 Å². The summed E-state index contributed by atoms with van der Waals surface area (Å²) in [5, 5.41) is 13.2. The molecule has 3 N–H and O–H groups in total. The quantitative estimate of drug-likeness (QED) is 0.709. The molecule has 0 fully saturated rings. The summed E-state index contributed by atoms with van der Waals surface area (Å²) in [6, 6.07) is 3.38. The Morgan fingerprint density at radius 3 is 2.57 bits per heavy atom. The molecule has 116 valence electrons. The number of urea groups is 1. The van der Waals surface area contributed by atoms with E-state index in [2.05, 4.69) is 20.1 Å². The Hall–Kier alpha value is -2.42. The number of nitrogens with one attached hydrogen (secondary N) is 2. The number of para-hydroxylation sites is 2. The third kappa shape index (κ3) is 5.61. The maximum atomic E-state index is 12.2. The van der Waals surface area contributed by atoms with Crippen molar-refractivity contribution in [3.8, 4) is 5.75 Å². The first-order valence-electron chi connectivity index (χ1n) is 5.77. The summed E-state index contributed by atoms with van der Waals surface area (Å²) in [5.74, 6) is -1.52. The number of benzene rings is 1. The number of halogens is 2. The highest BCUT2D eigenvalue weighted by atomic mass is 19.3. The third-order valence-corrected chi connectivity index (χ3v) is 2.29. The van der Waals surface area contributed by atoms with Gasteiger partial charge in [-0.1, -0.05) is 12.1 Å². The summed E-state index contributed by atoms with van der Waals surface area (Å²) in [5.41, 5.74) is -0.0168. The fourth-order valence-electron chi connectivity index (χ4n) is 1.43. The number of amides is 2. The van der Waals surface area contributed by atoms with Crippen molar-refractivity contribution >= 4 is 17.7 Å². The molecule has 1 rings (SSSR count). The van der Waals surface area contributed by atoms with Gasteiger partial charge in [0.2, 0.25) is 0 Å². The van der Waals surface area contributed by atoms with Gasteiger partial charge < -0.3 is 25.2 Å². The molecule has 1 atom stereocenters. The molecule has 1 aromatic carbocycles. The van der Waals surface area contributed by atoms with Gasteiger partial charge in [-0.25, -0.2) is 9.59 Å². The van der Waals surface area contributed by atoms with Crippen LogP contribution in [0.1, 0.15) is 0 Å². The Labute approximate surface area is 118 Å². The van der Waals surface area contributed by atoms with Crippen molar-refractivity contribution in [3.05, 3.63) is 24.3 Å². The van der Waals surface area contributed by atoms with Gasteiger partial charge in [0.25, 0.3) is 0 Å². The van der Waals surface area contributed by atoms with Gasteiger partial charge in [-0.2, -0.15) is 8.78 Å². The molecule has 0 saturated heterocycles. The van der Waals surface area contributed by atoms with E-state index in [-0.39, 0.29) is 18.0 Å². The van der Waals surface area contributed by atoms with Gasteiger partial charge in [-0.05, 0) is 12.1 Å². The third-order valence-electron chi connectivity index (χ3n) is 2.29. The van der Waals surface area contributed by atoms with Crippen molar-refractivity contribution < 1.29 is 33.0 Å². The number of hydrogen-bond acceptors (Lipinski definition) is 4. The minimum absolute atomic E-state index is 0.0168. The van der Waals surface area contributed by atoms with Crippen molar-refractivity contribution in [1.29, 1.82) is 0 Å². The molecule has 0 heterocycles. The lowest BCUT2D eigenvalue weighted by atomic mass is 10.3. The maximum absolute atomic E-state index is 12.2. The van der Waals surface area contributed by atoms with Crippen LogP contribution in [0.15, 0.2) is 24.3 Å². The van der Waals surface area contributed by atoms with Gasteiger partial charge in [-0.15, -0.1) is 0 Å². The molecule has 1 unspecified atom stereocenters. The van der Waals surface area contributed by atoms with Crippen LogP contribution >= 0.6 is 0 Å². The van der Waals surface area contributed by atoms with E-state index in [9.17, 15) is 18.4 Å². The van der Waals surface area contributed by atoms with E-state index in [0.717, 1.165) is 0 Å². The molecule has 1 aromatic rings. The molecule has 0 bridgehead atoms. The van der Waals surface area contributed by atoms with Gasteiger partial charge in [-0.3, -0.25) is 0 Å². The van der Waals surface area contributed by atoms with Crippen LogP contribution in [0.2, 0.25) is 0 Å². The summed E-state index contributed by atoms with van der Waals surface area (Å²) >= 11 is 0. The predicted octanol–water partition coefficient (Wildman–Crippen LogP) is 1.51. The second-order valence-electron chi connectivity index (χ2n) is 3.82. The van der Waals surface area contributed by atoms with Crippen LogP contribution in [0.5, 0.6) is 5.75 Å². The first-order chi connectivity index (χ1) is 9.93. The molecule has 0 aliphatic carbocycles. The Morgan fingerprint density at radius 1 is 1.33 bits per heavy atom. The highest BCUT2D eigenvalue weighted by Crippen LogP contribution is 2.25. The molecule has 0 radical (unpaired) electrons. The fourth-order valence-corrected chi connectivity index (χ4v) is 1.43. The molecular formula is C12H14F2N2O5. The molecule has 0 spiro atoms. The number of carbonyl (C=O) groups excluding carboxylic acids is 1. The lowest BCUT2D eigenvalue weighted by molar-refractivity contribution is -0.140. The zero-order valence-electron chi connectivity index (χ0n) is 11.0. The highest BCUT2D eigenvalue weighted by molar-refractivity contribution is 5.93. The van der Waals surface area contributed by atoms with Crippen molar-refractivity contribution in [2.45, 2.75) is 12.7 Å². The minimum Gasteiger partial charge on any atom is -0.480 e. The van der Waals surface area contributed by atoms with Crippen LogP contribution in [-0.2, 0) is 9.53 Å². The summed E-state index contributed by atoms with van der Waals surface area (Å²) in [4.78, 5) is 22.5. The van der Waals surface area contributed by atoms with Crippen molar-refractivity contribution in [1.82, 2.24) is 5.32 Å². The number of carboxylic acid groups (broad SMARTS) is 1. The summed E-state index contributed by atoms with van der Waals surface area (Å²) in [7, 11) is 1.28. The Balaban J connectivity index is 2.72. The van der Waals surface area contributed by atoms with E-state index in [0.29, 0.717) is 0 Å². The standard InChI is InChI=1S/C12H14F2N2O5/c1-20-6-8(10(17)18)16-12(19)15-7-4-2-3-5-9(7)21-11(13)14/h2-5,8,11H,6H2,1H3,(H,17,18)(H2,15,16,19). The highest BCUT2D eigenvalue weighted by Gasteiger charge is 2.20. The number of anilines is 1. The number of methoxy groups -OCH3 is 1. The van der Waals surface area contributed by atoms with Crippen LogP contribution in [-0.4, -0.2) is 43.5 Å². The number of carboxylic acids is 1. The second-order valence-corrected chi connectivity index (χ2v) is 3.82. The monoisotopic (exact) mass is 304 g/mol. The molecule has 0 aliphatic rings. The zero-order valence-corrected chi connectivity index (χ0v) is 11.0. The molecule has 0 aliphatic heterocycles. The van der Waals surface area contributed by atoms with E-state index >= 15 is 0 Å². The maximum Gasteiger partial charge on any atom is 0.387 e. The number of aliphatic carboxylic acids is 1. The lowest BCUT2D eigenvalue weighted by Gasteiger charge is -2.15. The van der Waals surface area contributed by atoms with Crippen LogP contribution in [0, 0.1) is 0 Å². The van der Waals surface area contributed by atoms with E-state index in [1.165, 1.54) is 31.4 Å². The number of rotatable bonds is 7. The molecule has 0 saturated carbocycles. The topological polar surface area (TPSA) is 96.9 Å². The first-order valence-corrected chi connectivity index (χ1v) is 5.77. The van der Waals surface area contributed by atoms with Crippen molar-refractivity contribution in [3.63, 3.8) is 0 Å². The van der Waals surface area contributed by atoms with Gasteiger partial charge in [0.15, 0.2) is 6.04 Å². The SMILES string of the molecule is COCC(NC(=O)Nc1ccccc1OC(F)F)C(=O)O. The summed E-state index contributed by atoms with van der Waals surface area (Å²) in [6.07, 6.45) is 0. The smallest absolute Gasteiger partial charge is 0.387 e. The molecule has 7 nitrogen and oxygen atoms in total. The van der Waals surface area contributed by atoms with E-state index in [4.69, 9.17) is 5.11 Å². The number of ether oxygens (including phenoxy) is 2. The molecule has 9 heteroatoms. The number of carbonyl (C=O) groups is 2. The number of hydrogen-bond donors (Lipinski definition) is 3. The zero-order chi connectivity index (χ0) is 15.8. The molecule has 21 heavy (non-hydrogen) atoms. The van der Waals surface area contributed by atoms with Gasteiger partial charge in [0, 0.05) is 7.11 Å². The predicted molar refractivity (Wildman–Crippen MR) is 68.5 cm³/mol. The second kappa shape index (κ2) is 8.00. The van der Waals surface area contributed by atoms with Gasteiger partial charge in [0.1, 0.15) is 5.75 Å². The normalized spacial score (nSPS) is 11.8. The Morgan fingerprint density at radius 2 is 2.00 bits per heavy atom. The van der Waals surface area contributed by atoms with E-state index in [1.54, 1.807) is 0 Å². The van der Waals surface area contributed by atoms with Crippen molar-refractivity contribution in [2.24, 2.45) is 0 Å². The lowest BCUT2D eigenvalue weighted by Crippen LogP contribution is -2.45. The van der Waals surface area contributed by atoms with Crippen LogP contribution in [0.3, 0.4) is 0 Å². The van der Waals surface area contributed by atoms with Gasteiger partial charge in [0.05, 0.1) is 12.3 Å². The average molecular weight is 304 g/mol. The molecule has 2 amide bonds. The molecular weight excluding hydrogens is 290 g/mol. The van der Waals surface area contributed by atoms with Crippen LogP contribution in [0.25, 0.3) is 0 Å². The Kier molecular flexibility index (Phi) is 6.34. The summed E-state index contributed by atoms with van der Waals surface area (Å²) in [6.45, 7) is -3.28. The first kappa shape index (κ1) is 16.6. The molecule has 0 aromatic heterocycles. The van der Waals surface area contributed by atoms with Crippen LogP contribution < -0.4 is 15.4 Å². The number of alkyl halides is 2. The van der Waals surface area contributed by atoms with Gasteiger partial charge >= 0.3 is 18.6 Å². The average Bonchev–Trinajstić information content (AvgIpc) is 2.39. The largest absolute Gasteiger partial charge is 0.480 e. The minimum atomic E-state index is -3.05. The van der Waals surface area contributed by atoms with E-state index < -0.39 is 24.7 Å². The fraction of sp³-hybridized carbons (Fsp3) is 0.333. The van der Waals surface area contributed by atoms with E-state index in [1.807, 2.05) is 0 Å².